The molecular formula is C19H20F3N7. The van der Waals surface area contributed by atoms with Gasteiger partial charge in [-0.25, -0.2) is 9.97 Å². The highest BCUT2D eigenvalue weighted by Gasteiger charge is 2.34. The van der Waals surface area contributed by atoms with Crippen molar-refractivity contribution in [2.45, 2.75) is 25.1 Å². The molecule has 0 spiro atoms. The molecule has 1 atom stereocenters. The van der Waals surface area contributed by atoms with E-state index in [1.807, 2.05) is 13.2 Å². The molecule has 3 aromatic rings. The maximum Gasteiger partial charge on any atom is 0.433 e. The van der Waals surface area contributed by atoms with Crippen LogP contribution < -0.4 is 10.2 Å². The summed E-state index contributed by atoms with van der Waals surface area (Å²) in [6.07, 6.45) is 3.90. The van der Waals surface area contributed by atoms with E-state index in [0.29, 0.717) is 12.1 Å². The molecule has 1 aliphatic rings. The van der Waals surface area contributed by atoms with Crippen molar-refractivity contribution >= 4 is 11.5 Å². The molecule has 0 aliphatic carbocycles. The standard InChI is InChI=1S/C19H20F3N7/c1-28-12-15(10-24-28)29-7-3-5-14(11-29)25-17-8-16(19(20,21)22)26-18(27-17)13-4-2-6-23-9-13/h2,4,6,8-10,12,14H,3,5,7,11H2,1H3,(H,25,26,27). The van der Waals surface area contributed by atoms with E-state index in [2.05, 4.69) is 30.3 Å². The number of pyridine rings is 1. The summed E-state index contributed by atoms with van der Waals surface area (Å²) < 4.78 is 41.9. The summed E-state index contributed by atoms with van der Waals surface area (Å²) in [5.74, 6) is 0.152. The third-order valence-corrected chi connectivity index (χ3v) is 4.77. The zero-order chi connectivity index (χ0) is 20.4. The zero-order valence-corrected chi connectivity index (χ0v) is 15.8. The molecule has 1 saturated heterocycles. The van der Waals surface area contributed by atoms with Crippen LogP contribution in [0, 0.1) is 0 Å². The highest BCUT2D eigenvalue weighted by atomic mass is 19.4. The molecule has 1 N–H and O–H groups in total. The lowest BCUT2D eigenvalue weighted by atomic mass is 10.1. The number of rotatable bonds is 4. The van der Waals surface area contributed by atoms with Gasteiger partial charge in [0.15, 0.2) is 11.5 Å². The van der Waals surface area contributed by atoms with Crippen molar-refractivity contribution in [2.75, 3.05) is 23.3 Å². The van der Waals surface area contributed by atoms with Gasteiger partial charge < -0.3 is 10.2 Å². The van der Waals surface area contributed by atoms with Gasteiger partial charge in [0.1, 0.15) is 5.82 Å². The van der Waals surface area contributed by atoms with Crippen molar-refractivity contribution in [3.05, 3.63) is 48.7 Å². The van der Waals surface area contributed by atoms with Crippen LogP contribution in [0.2, 0.25) is 0 Å². The van der Waals surface area contributed by atoms with Crippen LogP contribution >= 0.6 is 0 Å². The molecule has 7 nitrogen and oxygen atoms in total. The average Bonchev–Trinajstić information content (AvgIpc) is 3.14. The molecule has 29 heavy (non-hydrogen) atoms. The summed E-state index contributed by atoms with van der Waals surface area (Å²) in [7, 11) is 1.85. The summed E-state index contributed by atoms with van der Waals surface area (Å²) in [4.78, 5) is 14.1. The Hall–Kier alpha value is -3.17. The lowest BCUT2D eigenvalue weighted by Gasteiger charge is -2.34. The fraction of sp³-hybridized carbons (Fsp3) is 0.368. The van der Waals surface area contributed by atoms with Gasteiger partial charge in [-0.15, -0.1) is 0 Å². The minimum absolute atomic E-state index is 0.00431. The van der Waals surface area contributed by atoms with Crippen molar-refractivity contribution in [3.8, 4) is 11.4 Å². The van der Waals surface area contributed by atoms with Crippen molar-refractivity contribution in [1.29, 1.82) is 0 Å². The number of anilines is 2. The first-order chi connectivity index (χ1) is 13.9. The number of aromatic nitrogens is 5. The van der Waals surface area contributed by atoms with Gasteiger partial charge in [-0.2, -0.15) is 18.3 Å². The van der Waals surface area contributed by atoms with Crippen LogP contribution in [0.5, 0.6) is 0 Å². The quantitative estimate of drug-likeness (QED) is 0.720. The summed E-state index contributed by atoms with van der Waals surface area (Å²) in [6.45, 7) is 1.53. The Morgan fingerprint density at radius 1 is 1.21 bits per heavy atom. The maximum atomic E-state index is 13.4. The van der Waals surface area contributed by atoms with E-state index in [9.17, 15) is 13.2 Å². The van der Waals surface area contributed by atoms with E-state index >= 15 is 0 Å². The molecular weight excluding hydrogens is 383 g/mol. The van der Waals surface area contributed by atoms with E-state index < -0.39 is 11.9 Å². The van der Waals surface area contributed by atoms with Crippen molar-refractivity contribution in [1.82, 2.24) is 24.7 Å². The average molecular weight is 403 g/mol. The summed E-state index contributed by atoms with van der Waals surface area (Å²) in [5.41, 5.74) is 0.449. The molecule has 3 aromatic heterocycles. The molecule has 4 heterocycles. The molecule has 1 fully saturated rings. The number of aryl methyl sites for hydroxylation is 1. The van der Waals surface area contributed by atoms with Crippen molar-refractivity contribution < 1.29 is 13.2 Å². The lowest BCUT2D eigenvalue weighted by molar-refractivity contribution is -0.141. The molecule has 0 saturated carbocycles. The number of nitrogens with one attached hydrogen (secondary N) is 1. The van der Waals surface area contributed by atoms with Crippen LogP contribution in [0.25, 0.3) is 11.4 Å². The Balaban J connectivity index is 1.59. The molecule has 0 amide bonds. The van der Waals surface area contributed by atoms with Crippen LogP contribution in [0.15, 0.2) is 43.0 Å². The van der Waals surface area contributed by atoms with E-state index in [-0.39, 0.29) is 17.7 Å². The molecule has 0 radical (unpaired) electrons. The molecule has 4 rings (SSSR count). The predicted molar refractivity (Wildman–Crippen MR) is 102 cm³/mol. The van der Waals surface area contributed by atoms with Gasteiger partial charge in [-0.3, -0.25) is 9.67 Å². The van der Waals surface area contributed by atoms with Crippen LogP contribution in [-0.2, 0) is 13.2 Å². The number of halogens is 3. The van der Waals surface area contributed by atoms with Crippen LogP contribution in [0.1, 0.15) is 18.5 Å². The third-order valence-electron chi connectivity index (χ3n) is 4.77. The number of nitrogens with zero attached hydrogens (tertiary/aromatic N) is 6. The number of hydrogen-bond acceptors (Lipinski definition) is 6. The van der Waals surface area contributed by atoms with Crippen molar-refractivity contribution in [3.63, 3.8) is 0 Å². The van der Waals surface area contributed by atoms with Gasteiger partial charge in [0.2, 0.25) is 0 Å². The second-order valence-electron chi connectivity index (χ2n) is 7.00. The first-order valence-electron chi connectivity index (χ1n) is 9.25. The smallest absolute Gasteiger partial charge is 0.367 e. The Kier molecular flexibility index (Phi) is 5.08. The fourth-order valence-electron chi connectivity index (χ4n) is 3.40. The van der Waals surface area contributed by atoms with E-state index in [4.69, 9.17) is 0 Å². The Labute approximate surface area is 165 Å². The van der Waals surface area contributed by atoms with Gasteiger partial charge in [-0.05, 0) is 25.0 Å². The van der Waals surface area contributed by atoms with Gasteiger partial charge >= 0.3 is 6.18 Å². The maximum absolute atomic E-state index is 13.4. The fourth-order valence-corrected chi connectivity index (χ4v) is 3.40. The van der Waals surface area contributed by atoms with Crippen molar-refractivity contribution in [2.24, 2.45) is 7.05 Å². The Bertz CT molecular complexity index is 971. The first kappa shape index (κ1) is 19.2. The summed E-state index contributed by atoms with van der Waals surface area (Å²) in [5, 5.41) is 7.36. The normalized spacial score (nSPS) is 17.4. The second kappa shape index (κ2) is 7.69. The molecule has 1 aliphatic heterocycles. The summed E-state index contributed by atoms with van der Waals surface area (Å²) >= 11 is 0. The molecule has 152 valence electrons. The SMILES string of the molecule is Cn1cc(N2CCCC(Nc3cc(C(F)(F)F)nc(-c4cccnc4)n3)C2)cn1. The topological polar surface area (TPSA) is 71.8 Å². The number of alkyl halides is 3. The lowest BCUT2D eigenvalue weighted by Crippen LogP contribution is -2.42. The first-order valence-corrected chi connectivity index (χ1v) is 9.25. The van der Waals surface area contributed by atoms with Gasteiger partial charge in [0, 0.05) is 56.4 Å². The molecule has 10 heteroatoms. The molecule has 1 unspecified atom stereocenters. The van der Waals surface area contributed by atoms with Gasteiger partial charge in [-0.1, -0.05) is 0 Å². The number of piperidine rings is 1. The Morgan fingerprint density at radius 2 is 2.07 bits per heavy atom. The second-order valence-corrected chi connectivity index (χ2v) is 7.00. The van der Waals surface area contributed by atoms with E-state index in [1.54, 1.807) is 29.2 Å². The predicted octanol–water partition coefficient (Wildman–Crippen LogP) is 3.37. The van der Waals surface area contributed by atoms with Crippen LogP contribution in [0.4, 0.5) is 24.7 Å². The van der Waals surface area contributed by atoms with Crippen LogP contribution in [-0.4, -0.2) is 43.9 Å². The minimum Gasteiger partial charge on any atom is -0.367 e. The monoisotopic (exact) mass is 403 g/mol. The summed E-state index contributed by atoms with van der Waals surface area (Å²) in [6, 6.07) is 4.19. The van der Waals surface area contributed by atoms with Gasteiger partial charge in [0.25, 0.3) is 0 Å². The largest absolute Gasteiger partial charge is 0.433 e. The zero-order valence-electron chi connectivity index (χ0n) is 15.8. The molecule has 0 bridgehead atoms. The minimum atomic E-state index is -4.56. The third kappa shape index (κ3) is 4.47. The Morgan fingerprint density at radius 3 is 2.76 bits per heavy atom. The highest BCUT2D eigenvalue weighted by Crippen LogP contribution is 2.31. The van der Waals surface area contributed by atoms with Gasteiger partial charge in [0.05, 0.1) is 11.9 Å². The van der Waals surface area contributed by atoms with E-state index in [1.165, 1.54) is 6.20 Å². The number of hydrogen-bond donors (Lipinski definition) is 1. The van der Waals surface area contributed by atoms with E-state index in [0.717, 1.165) is 31.1 Å². The molecule has 0 aromatic carbocycles. The highest BCUT2D eigenvalue weighted by molar-refractivity contribution is 5.57. The van der Waals surface area contributed by atoms with Crippen LogP contribution in [0.3, 0.4) is 0 Å².